The SMILES string of the molecule is COc1ccc(NS(=O)(=O)c2cccc(C(=O)N/N=C/c3c(C)nn(-c4ccccc4)c3N3CCCC3)c2)cc1. The number of amides is 1. The van der Waals surface area contributed by atoms with E-state index in [1.807, 2.05) is 41.9 Å². The van der Waals surface area contributed by atoms with E-state index in [0.717, 1.165) is 48.7 Å². The molecule has 1 amide bonds. The maximum Gasteiger partial charge on any atom is 0.271 e. The highest BCUT2D eigenvalue weighted by Crippen LogP contribution is 2.29. The molecule has 4 aromatic rings. The fourth-order valence-electron chi connectivity index (χ4n) is 4.56. The predicted octanol–water partition coefficient (Wildman–Crippen LogP) is 4.35. The van der Waals surface area contributed by atoms with Gasteiger partial charge in [0.15, 0.2) is 0 Å². The second-order valence-electron chi connectivity index (χ2n) is 9.33. The Hall–Kier alpha value is -4.64. The Balaban J connectivity index is 1.34. The molecule has 40 heavy (non-hydrogen) atoms. The zero-order valence-corrected chi connectivity index (χ0v) is 23.1. The normalized spacial score (nSPS) is 13.5. The zero-order valence-electron chi connectivity index (χ0n) is 22.2. The van der Waals surface area contributed by atoms with Gasteiger partial charge in [0.1, 0.15) is 11.6 Å². The van der Waals surface area contributed by atoms with Gasteiger partial charge in [-0.1, -0.05) is 24.3 Å². The Morgan fingerprint density at radius 2 is 1.73 bits per heavy atom. The summed E-state index contributed by atoms with van der Waals surface area (Å²) >= 11 is 0. The van der Waals surface area contributed by atoms with E-state index in [-0.39, 0.29) is 10.5 Å². The second kappa shape index (κ2) is 11.6. The van der Waals surface area contributed by atoms with Gasteiger partial charge in [-0.25, -0.2) is 18.5 Å². The Morgan fingerprint density at radius 1 is 1.00 bits per heavy atom. The minimum Gasteiger partial charge on any atom is -0.497 e. The van der Waals surface area contributed by atoms with Gasteiger partial charge in [-0.15, -0.1) is 0 Å². The lowest BCUT2D eigenvalue weighted by molar-refractivity contribution is 0.0955. The first-order valence-electron chi connectivity index (χ1n) is 12.9. The molecule has 0 radical (unpaired) electrons. The van der Waals surface area contributed by atoms with E-state index in [1.54, 1.807) is 30.5 Å². The van der Waals surface area contributed by atoms with Crippen LogP contribution in [0.3, 0.4) is 0 Å². The molecule has 5 rings (SSSR count). The van der Waals surface area contributed by atoms with Crippen molar-refractivity contribution in [2.75, 3.05) is 29.8 Å². The summed E-state index contributed by atoms with van der Waals surface area (Å²) in [7, 11) is -2.39. The molecule has 0 bridgehead atoms. The molecule has 206 valence electrons. The van der Waals surface area contributed by atoms with E-state index in [1.165, 1.54) is 31.4 Å². The number of rotatable bonds is 9. The van der Waals surface area contributed by atoms with Crippen molar-refractivity contribution in [2.45, 2.75) is 24.7 Å². The quantitative estimate of drug-likeness (QED) is 0.233. The standard InChI is InChI=1S/C29H30N6O4S/c1-21-27(29(34-17-6-7-18-34)35(32-21)24-10-4-3-5-11-24)20-30-31-28(36)22-9-8-12-26(19-22)40(37,38)33-23-13-15-25(39-2)16-14-23/h3-5,8-16,19-20,33H,6-7,17-18H2,1-2H3,(H,31,36)/b30-20+. The summed E-state index contributed by atoms with van der Waals surface area (Å²) in [5.74, 6) is 1.00. The number of hydrogen-bond acceptors (Lipinski definition) is 7. The Morgan fingerprint density at radius 3 is 2.42 bits per heavy atom. The van der Waals surface area contributed by atoms with Gasteiger partial charge in [0.25, 0.3) is 15.9 Å². The van der Waals surface area contributed by atoms with Crippen LogP contribution in [0.5, 0.6) is 5.75 Å². The van der Waals surface area contributed by atoms with Gasteiger partial charge in [0, 0.05) is 24.3 Å². The first kappa shape index (κ1) is 26.9. The van der Waals surface area contributed by atoms with Crippen molar-refractivity contribution >= 4 is 33.7 Å². The highest BCUT2D eigenvalue weighted by atomic mass is 32.2. The first-order chi connectivity index (χ1) is 19.4. The van der Waals surface area contributed by atoms with E-state index < -0.39 is 15.9 Å². The number of nitrogens with one attached hydrogen (secondary N) is 2. The lowest BCUT2D eigenvalue weighted by Gasteiger charge is -2.20. The predicted molar refractivity (Wildman–Crippen MR) is 155 cm³/mol. The molecule has 0 aliphatic carbocycles. The van der Waals surface area contributed by atoms with Crippen LogP contribution in [0.25, 0.3) is 5.69 Å². The lowest BCUT2D eigenvalue weighted by atomic mass is 10.2. The average molecular weight is 559 g/mol. The number of nitrogens with zero attached hydrogens (tertiary/aromatic N) is 4. The number of hydrazone groups is 1. The van der Waals surface area contributed by atoms with E-state index >= 15 is 0 Å². The molecule has 3 aromatic carbocycles. The third-order valence-electron chi connectivity index (χ3n) is 6.60. The number of anilines is 2. The maximum atomic E-state index is 12.9. The summed E-state index contributed by atoms with van der Waals surface area (Å²) in [5, 5.41) is 8.97. The number of ether oxygens (including phenoxy) is 1. The fourth-order valence-corrected chi connectivity index (χ4v) is 5.66. The van der Waals surface area contributed by atoms with Crippen LogP contribution in [0.1, 0.15) is 34.5 Å². The molecule has 0 atom stereocenters. The van der Waals surface area contributed by atoms with Gasteiger partial charge < -0.3 is 9.64 Å². The number of aryl methyl sites for hydroxylation is 1. The van der Waals surface area contributed by atoms with Gasteiger partial charge in [-0.2, -0.15) is 10.2 Å². The number of aromatic nitrogens is 2. The third kappa shape index (κ3) is 5.84. The maximum absolute atomic E-state index is 12.9. The summed E-state index contributed by atoms with van der Waals surface area (Å²) in [6, 6.07) is 22.2. The van der Waals surface area contributed by atoms with Crippen molar-refractivity contribution in [3.05, 3.63) is 95.7 Å². The molecule has 2 N–H and O–H groups in total. The molecule has 11 heteroatoms. The first-order valence-corrected chi connectivity index (χ1v) is 14.3. The number of sulfonamides is 1. The number of benzene rings is 3. The van der Waals surface area contributed by atoms with Crippen molar-refractivity contribution in [1.82, 2.24) is 15.2 Å². The van der Waals surface area contributed by atoms with E-state index in [2.05, 4.69) is 20.1 Å². The van der Waals surface area contributed by atoms with Crippen molar-refractivity contribution in [3.8, 4) is 11.4 Å². The molecule has 1 saturated heterocycles. The average Bonchev–Trinajstić information content (AvgIpc) is 3.62. The number of carbonyl (C=O) groups is 1. The fraction of sp³-hybridized carbons (Fsp3) is 0.207. The molecule has 10 nitrogen and oxygen atoms in total. The zero-order chi connectivity index (χ0) is 28.1. The van der Waals surface area contributed by atoms with Crippen LogP contribution in [0.15, 0.2) is 88.9 Å². The van der Waals surface area contributed by atoms with Crippen LogP contribution in [0, 0.1) is 6.92 Å². The molecule has 1 aliphatic heterocycles. The molecular formula is C29H30N6O4S. The molecule has 1 aromatic heterocycles. The van der Waals surface area contributed by atoms with Gasteiger partial charge >= 0.3 is 0 Å². The van der Waals surface area contributed by atoms with Crippen LogP contribution >= 0.6 is 0 Å². The van der Waals surface area contributed by atoms with Gasteiger partial charge in [-0.3, -0.25) is 9.52 Å². The molecule has 0 saturated carbocycles. The van der Waals surface area contributed by atoms with Crippen molar-refractivity contribution in [3.63, 3.8) is 0 Å². The third-order valence-corrected chi connectivity index (χ3v) is 7.98. The highest BCUT2D eigenvalue weighted by Gasteiger charge is 2.23. The van der Waals surface area contributed by atoms with Gasteiger partial charge in [-0.05, 0) is 74.4 Å². The summed E-state index contributed by atoms with van der Waals surface area (Å²) in [6.45, 7) is 3.74. The van der Waals surface area contributed by atoms with Crippen LogP contribution < -0.4 is 19.8 Å². The van der Waals surface area contributed by atoms with Crippen LogP contribution in [-0.2, 0) is 10.0 Å². The number of hydrogen-bond donors (Lipinski definition) is 2. The number of para-hydroxylation sites is 1. The summed E-state index contributed by atoms with van der Waals surface area (Å²) in [4.78, 5) is 15.1. The van der Waals surface area contributed by atoms with Gasteiger partial charge in [0.2, 0.25) is 0 Å². The number of carbonyl (C=O) groups excluding carboxylic acids is 1. The Kier molecular flexibility index (Phi) is 7.83. The van der Waals surface area contributed by atoms with Crippen LogP contribution in [-0.4, -0.2) is 50.5 Å². The second-order valence-corrected chi connectivity index (χ2v) is 11.0. The minimum atomic E-state index is -3.92. The molecule has 0 unspecified atom stereocenters. The van der Waals surface area contributed by atoms with Crippen molar-refractivity contribution < 1.29 is 17.9 Å². The summed E-state index contributed by atoms with van der Waals surface area (Å²) in [6.07, 6.45) is 3.79. The lowest BCUT2D eigenvalue weighted by Crippen LogP contribution is -2.23. The molecule has 1 aliphatic rings. The molecular weight excluding hydrogens is 528 g/mol. The van der Waals surface area contributed by atoms with Gasteiger partial charge in [0.05, 0.1) is 35.2 Å². The van der Waals surface area contributed by atoms with Crippen LogP contribution in [0.2, 0.25) is 0 Å². The monoisotopic (exact) mass is 558 g/mol. The largest absolute Gasteiger partial charge is 0.497 e. The van der Waals surface area contributed by atoms with E-state index in [0.29, 0.717) is 11.4 Å². The summed E-state index contributed by atoms with van der Waals surface area (Å²) < 4.78 is 35.4. The Bertz CT molecular complexity index is 1630. The number of methoxy groups -OCH3 is 1. The topological polar surface area (TPSA) is 118 Å². The Labute approximate surface area is 233 Å². The highest BCUT2D eigenvalue weighted by molar-refractivity contribution is 7.92. The molecule has 2 heterocycles. The molecule has 1 fully saturated rings. The van der Waals surface area contributed by atoms with Crippen molar-refractivity contribution in [2.24, 2.45) is 5.10 Å². The van der Waals surface area contributed by atoms with E-state index in [4.69, 9.17) is 9.84 Å². The van der Waals surface area contributed by atoms with Crippen molar-refractivity contribution in [1.29, 1.82) is 0 Å². The molecule has 0 spiro atoms. The summed E-state index contributed by atoms with van der Waals surface area (Å²) in [5.41, 5.74) is 5.59. The minimum absolute atomic E-state index is 0.0451. The van der Waals surface area contributed by atoms with Crippen LogP contribution in [0.4, 0.5) is 11.5 Å². The smallest absolute Gasteiger partial charge is 0.271 e. The van der Waals surface area contributed by atoms with E-state index in [9.17, 15) is 13.2 Å².